The molecule has 7 heteroatoms. The van der Waals surface area contributed by atoms with Crippen LogP contribution in [0.2, 0.25) is 0 Å². The van der Waals surface area contributed by atoms with Crippen LogP contribution in [0.4, 0.5) is 0 Å². The van der Waals surface area contributed by atoms with E-state index in [-0.39, 0.29) is 18.9 Å². The lowest BCUT2D eigenvalue weighted by Crippen LogP contribution is -2.44. The van der Waals surface area contributed by atoms with Gasteiger partial charge >= 0.3 is 5.97 Å². The number of nitrogens with zero attached hydrogens (tertiary/aromatic N) is 1. The fraction of sp³-hybridized carbons (Fsp3) is 0.750. The van der Waals surface area contributed by atoms with Gasteiger partial charge in [0.05, 0.1) is 26.4 Å². The predicted molar refractivity (Wildman–Crippen MR) is 66.0 cm³/mol. The number of hydrogen-bond donors (Lipinski definition) is 1. The number of carbonyl (C=O) groups excluding carboxylic acids is 2. The molecule has 0 radical (unpaired) electrons. The van der Waals surface area contributed by atoms with Crippen molar-refractivity contribution >= 4 is 11.9 Å². The monoisotopic (exact) mass is 272 g/mol. The van der Waals surface area contributed by atoms with E-state index in [1.807, 2.05) is 6.07 Å². The Balaban J connectivity index is 4.20. The normalized spacial score (nSPS) is 13.2. The molecule has 0 rings (SSSR count). The van der Waals surface area contributed by atoms with Crippen molar-refractivity contribution in [2.24, 2.45) is 5.92 Å². The van der Waals surface area contributed by atoms with Crippen molar-refractivity contribution in [2.45, 2.75) is 19.4 Å². The molecule has 0 aliphatic rings. The average Bonchev–Trinajstić information content (AvgIpc) is 2.41. The van der Waals surface area contributed by atoms with Gasteiger partial charge in [0, 0.05) is 13.0 Å². The zero-order valence-electron chi connectivity index (χ0n) is 11.5. The largest absolute Gasteiger partial charge is 0.467 e. The SMILES string of the molecule is COCCOCC(=O)N[C@@H](C[C@H](C)C#N)C(=O)OC. The molecule has 0 aromatic carbocycles. The standard InChI is InChI=1S/C12H20N2O5/c1-9(7-13)6-10(12(16)18-3)14-11(15)8-19-5-4-17-2/h9-10H,4-6,8H2,1-3H3,(H,14,15)/t9-,10-/m0/s1. The second-order valence-electron chi connectivity index (χ2n) is 3.95. The first kappa shape index (κ1) is 17.4. The minimum atomic E-state index is -0.835. The molecule has 0 heterocycles. The van der Waals surface area contributed by atoms with Gasteiger partial charge in [0.15, 0.2) is 0 Å². The summed E-state index contributed by atoms with van der Waals surface area (Å²) in [5, 5.41) is 11.2. The Morgan fingerprint density at radius 2 is 2.00 bits per heavy atom. The van der Waals surface area contributed by atoms with E-state index < -0.39 is 17.9 Å². The van der Waals surface area contributed by atoms with E-state index in [0.717, 1.165) is 0 Å². The first-order valence-corrected chi connectivity index (χ1v) is 5.88. The quantitative estimate of drug-likeness (QED) is 0.463. The number of hydrogen-bond acceptors (Lipinski definition) is 6. The molecule has 0 aromatic heterocycles. The Morgan fingerprint density at radius 1 is 1.32 bits per heavy atom. The molecule has 0 aliphatic carbocycles. The van der Waals surface area contributed by atoms with Gasteiger partial charge in [-0.2, -0.15) is 5.26 Å². The number of ether oxygens (including phenoxy) is 3. The Morgan fingerprint density at radius 3 is 2.53 bits per heavy atom. The summed E-state index contributed by atoms with van der Waals surface area (Å²) in [5.41, 5.74) is 0. The maximum Gasteiger partial charge on any atom is 0.328 e. The predicted octanol–water partition coefficient (Wildman–Crippen LogP) is -0.143. The van der Waals surface area contributed by atoms with Crippen LogP contribution in [0, 0.1) is 17.2 Å². The van der Waals surface area contributed by atoms with Gasteiger partial charge in [-0.15, -0.1) is 0 Å². The van der Waals surface area contributed by atoms with Crippen molar-refractivity contribution in [1.29, 1.82) is 5.26 Å². The molecule has 0 unspecified atom stereocenters. The molecule has 0 spiro atoms. The number of carbonyl (C=O) groups is 2. The third-order valence-electron chi connectivity index (χ3n) is 2.30. The van der Waals surface area contributed by atoms with Crippen LogP contribution in [0.1, 0.15) is 13.3 Å². The topological polar surface area (TPSA) is 97.6 Å². The van der Waals surface area contributed by atoms with Crippen LogP contribution in [0.5, 0.6) is 0 Å². The van der Waals surface area contributed by atoms with E-state index in [1.54, 1.807) is 6.92 Å². The summed E-state index contributed by atoms with van der Waals surface area (Å²) in [6.45, 7) is 2.18. The molecule has 2 atom stereocenters. The van der Waals surface area contributed by atoms with Crippen molar-refractivity contribution in [2.75, 3.05) is 34.0 Å². The van der Waals surface area contributed by atoms with Crippen LogP contribution in [0.15, 0.2) is 0 Å². The summed E-state index contributed by atoms with van der Waals surface area (Å²) in [4.78, 5) is 23.0. The highest BCUT2D eigenvalue weighted by Crippen LogP contribution is 2.06. The molecule has 0 fully saturated rings. The van der Waals surface area contributed by atoms with Crippen LogP contribution in [0.3, 0.4) is 0 Å². The second kappa shape index (κ2) is 10.3. The third-order valence-corrected chi connectivity index (χ3v) is 2.30. The number of nitriles is 1. The number of rotatable bonds is 9. The van der Waals surface area contributed by atoms with Gasteiger partial charge in [-0.1, -0.05) is 0 Å². The lowest BCUT2D eigenvalue weighted by molar-refractivity contribution is -0.146. The Hall–Kier alpha value is -1.65. The molecule has 108 valence electrons. The summed E-state index contributed by atoms with van der Waals surface area (Å²) < 4.78 is 14.4. The number of esters is 1. The van der Waals surface area contributed by atoms with E-state index in [2.05, 4.69) is 10.1 Å². The molecule has 19 heavy (non-hydrogen) atoms. The summed E-state index contributed by atoms with van der Waals surface area (Å²) in [5.74, 6) is -1.37. The molecule has 1 amide bonds. The summed E-state index contributed by atoms with van der Waals surface area (Å²) in [7, 11) is 2.76. The lowest BCUT2D eigenvalue weighted by atomic mass is 10.0. The van der Waals surface area contributed by atoms with Gasteiger partial charge in [-0.25, -0.2) is 4.79 Å². The van der Waals surface area contributed by atoms with Crippen LogP contribution in [-0.2, 0) is 23.8 Å². The van der Waals surface area contributed by atoms with Crippen molar-refractivity contribution < 1.29 is 23.8 Å². The summed E-state index contributed by atoms with van der Waals surface area (Å²) in [6.07, 6.45) is 0.201. The Bertz CT molecular complexity index is 327. The molecular formula is C12H20N2O5. The number of nitrogens with one attached hydrogen (secondary N) is 1. The molecule has 7 nitrogen and oxygen atoms in total. The highest BCUT2D eigenvalue weighted by atomic mass is 16.5. The van der Waals surface area contributed by atoms with Gasteiger partial charge < -0.3 is 19.5 Å². The molecule has 0 aliphatic heterocycles. The molecular weight excluding hydrogens is 252 g/mol. The summed E-state index contributed by atoms with van der Waals surface area (Å²) >= 11 is 0. The minimum absolute atomic E-state index is 0.169. The van der Waals surface area contributed by atoms with Crippen LogP contribution in [0.25, 0.3) is 0 Å². The second-order valence-corrected chi connectivity index (χ2v) is 3.95. The van der Waals surface area contributed by atoms with Gasteiger partial charge in [0.1, 0.15) is 12.6 Å². The smallest absolute Gasteiger partial charge is 0.328 e. The Labute approximate surface area is 112 Å². The average molecular weight is 272 g/mol. The fourth-order valence-electron chi connectivity index (χ4n) is 1.31. The number of methoxy groups -OCH3 is 2. The first-order chi connectivity index (χ1) is 9.04. The van der Waals surface area contributed by atoms with Crippen molar-refractivity contribution in [3.63, 3.8) is 0 Å². The van der Waals surface area contributed by atoms with Crippen molar-refractivity contribution in [3.05, 3.63) is 0 Å². The van der Waals surface area contributed by atoms with E-state index in [0.29, 0.717) is 13.2 Å². The lowest BCUT2D eigenvalue weighted by Gasteiger charge is -2.17. The van der Waals surface area contributed by atoms with Crippen molar-refractivity contribution in [1.82, 2.24) is 5.32 Å². The maximum atomic E-state index is 11.5. The maximum absolute atomic E-state index is 11.5. The highest BCUT2D eigenvalue weighted by molar-refractivity contribution is 5.85. The molecule has 0 bridgehead atoms. The van der Waals surface area contributed by atoms with Gasteiger partial charge in [0.25, 0.3) is 0 Å². The third kappa shape index (κ3) is 8.13. The highest BCUT2D eigenvalue weighted by Gasteiger charge is 2.23. The Kier molecular flexibility index (Phi) is 9.40. The minimum Gasteiger partial charge on any atom is -0.467 e. The molecule has 0 saturated heterocycles. The van der Waals surface area contributed by atoms with Crippen LogP contribution in [-0.4, -0.2) is 52.0 Å². The summed E-state index contributed by atoms with van der Waals surface area (Å²) in [6, 6.07) is 1.17. The van der Waals surface area contributed by atoms with E-state index in [4.69, 9.17) is 14.7 Å². The number of amides is 1. The van der Waals surface area contributed by atoms with Gasteiger partial charge in [-0.05, 0) is 13.3 Å². The van der Waals surface area contributed by atoms with E-state index >= 15 is 0 Å². The zero-order valence-corrected chi connectivity index (χ0v) is 11.5. The van der Waals surface area contributed by atoms with E-state index in [1.165, 1.54) is 14.2 Å². The first-order valence-electron chi connectivity index (χ1n) is 5.88. The van der Waals surface area contributed by atoms with Gasteiger partial charge in [-0.3, -0.25) is 4.79 Å². The molecule has 1 N–H and O–H groups in total. The zero-order chi connectivity index (χ0) is 14.7. The molecule has 0 saturated carbocycles. The van der Waals surface area contributed by atoms with Crippen LogP contribution >= 0.6 is 0 Å². The van der Waals surface area contributed by atoms with Crippen LogP contribution < -0.4 is 5.32 Å². The molecule has 0 aromatic rings. The fourth-order valence-corrected chi connectivity index (χ4v) is 1.31. The van der Waals surface area contributed by atoms with Crippen molar-refractivity contribution in [3.8, 4) is 6.07 Å². The van der Waals surface area contributed by atoms with Gasteiger partial charge in [0.2, 0.25) is 5.91 Å². The van der Waals surface area contributed by atoms with E-state index in [9.17, 15) is 9.59 Å².